The predicted octanol–water partition coefficient (Wildman–Crippen LogP) is 4.65. The highest BCUT2D eigenvalue weighted by molar-refractivity contribution is 5.77. The normalized spacial score (nSPS) is 11.2. The van der Waals surface area contributed by atoms with Gasteiger partial charge in [-0.15, -0.1) is 0 Å². The van der Waals surface area contributed by atoms with Crippen molar-refractivity contribution in [3.63, 3.8) is 0 Å². The first-order valence-electron chi connectivity index (χ1n) is 8.72. The molecule has 0 aliphatic rings. The molecule has 0 N–H and O–H groups in total. The lowest BCUT2D eigenvalue weighted by molar-refractivity contribution is 0.643. The zero-order chi connectivity index (χ0) is 18.1. The lowest BCUT2D eigenvalue weighted by Gasteiger charge is -2.21. The average molecular weight is 340 g/mol. The third kappa shape index (κ3) is 2.93. The quantitative estimate of drug-likeness (QED) is 0.544. The molecule has 0 aliphatic carbocycles. The van der Waals surface area contributed by atoms with Crippen molar-refractivity contribution in [2.75, 3.05) is 0 Å². The van der Waals surface area contributed by atoms with Gasteiger partial charge in [-0.3, -0.25) is 9.36 Å². The molecule has 0 amide bonds. The number of para-hydroxylation sites is 1. The molecule has 0 atom stereocenters. The fraction of sp³-hybridized carbons (Fsp3) is 0.130. The maximum atomic E-state index is 13.2. The predicted molar refractivity (Wildman–Crippen MR) is 106 cm³/mol. The van der Waals surface area contributed by atoms with Crippen LogP contribution in [-0.4, -0.2) is 9.55 Å². The van der Waals surface area contributed by atoms with E-state index in [2.05, 4.69) is 67.4 Å². The second-order valence-corrected chi connectivity index (χ2v) is 6.70. The summed E-state index contributed by atoms with van der Waals surface area (Å²) in [6.45, 7) is 4.13. The van der Waals surface area contributed by atoms with E-state index < -0.39 is 0 Å². The summed E-state index contributed by atoms with van der Waals surface area (Å²) in [6.07, 6.45) is 1.66. The summed E-state index contributed by atoms with van der Waals surface area (Å²) in [5.74, 6) is 0. The second-order valence-electron chi connectivity index (χ2n) is 6.70. The van der Waals surface area contributed by atoms with Gasteiger partial charge in [0.05, 0.1) is 23.3 Å². The van der Waals surface area contributed by atoms with E-state index in [1.807, 2.05) is 24.3 Å². The van der Waals surface area contributed by atoms with Gasteiger partial charge in [0.25, 0.3) is 5.56 Å². The molecule has 0 fully saturated rings. The minimum Gasteiger partial charge on any atom is -0.287 e. The van der Waals surface area contributed by atoms with Crippen molar-refractivity contribution in [2.45, 2.75) is 19.9 Å². The largest absolute Gasteiger partial charge is 0.287 e. The lowest BCUT2D eigenvalue weighted by Crippen LogP contribution is -2.26. The minimum absolute atomic E-state index is 0.0262. The number of benzene rings is 3. The average Bonchev–Trinajstić information content (AvgIpc) is 2.67. The molecule has 3 nitrogen and oxygen atoms in total. The molecule has 26 heavy (non-hydrogen) atoms. The summed E-state index contributed by atoms with van der Waals surface area (Å²) in [6, 6.07) is 23.9. The van der Waals surface area contributed by atoms with Crippen LogP contribution >= 0.6 is 0 Å². The topological polar surface area (TPSA) is 34.9 Å². The van der Waals surface area contributed by atoms with Crippen LogP contribution in [0.2, 0.25) is 0 Å². The Kier molecular flexibility index (Phi) is 4.13. The van der Waals surface area contributed by atoms with Crippen molar-refractivity contribution in [3.8, 4) is 0 Å². The SMILES string of the molecule is Cc1ccc(C(c2ccc(C)cc2)n2cnc3ccccc3c2=O)cc1. The van der Waals surface area contributed by atoms with Crippen LogP contribution in [0.25, 0.3) is 10.9 Å². The maximum Gasteiger partial charge on any atom is 0.262 e. The van der Waals surface area contributed by atoms with E-state index in [1.165, 1.54) is 11.1 Å². The molecular formula is C23H20N2O. The van der Waals surface area contributed by atoms with Crippen LogP contribution in [0.4, 0.5) is 0 Å². The Morgan fingerprint density at radius 1 is 0.769 bits per heavy atom. The van der Waals surface area contributed by atoms with E-state index in [1.54, 1.807) is 10.9 Å². The molecule has 0 saturated carbocycles. The number of nitrogens with zero attached hydrogens (tertiary/aromatic N) is 2. The van der Waals surface area contributed by atoms with Gasteiger partial charge in [0.2, 0.25) is 0 Å². The van der Waals surface area contributed by atoms with E-state index in [4.69, 9.17) is 0 Å². The zero-order valence-electron chi connectivity index (χ0n) is 14.9. The van der Waals surface area contributed by atoms with Crippen molar-refractivity contribution in [2.24, 2.45) is 0 Å². The molecule has 3 heteroatoms. The monoisotopic (exact) mass is 340 g/mol. The highest BCUT2D eigenvalue weighted by Gasteiger charge is 2.19. The zero-order valence-corrected chi connectivity index (χ0v) is 14.9. The molecule has 128 valence electrons. The van der Waals surface area contributed by atoms with Gasteiger partial charge < -0.3 is 0 Å². The van der Waals surface area contributed by atoms with Crippen LogP contribution in [0.3, 0.4) is 0 Å². The number of hydrogen-bond donors (Lipinski definition) is 0. The molecule has 0 unspecified atom stereocenters. The van der Waals surface area contributed by atoms with Gasteiger partial charge in [0.15, 0.2) is 0 Å². The molecule has 0 saturated heterocycles. The Morgan fingerprint density at radius 2 is 1.31 bits per heavy atom. The van der Waals surface area contributed by atoms with Gasteiger partial charge >= 0.3 is 0 Å². The van der Waals surface area contributed by atoms with Crippen LogP contribution in [0.1, 0.15) is 28.3 Å². The molecule has 0 radical (unpaired) electrons. The standard InChI is InChI=1S/C23H20N2O/c1-16-7-11-18(12-8-16)22(19-13-9-17(2)10-14-19)25-15-24-21-6-4-3-5-20(21)23(25)26/h3-15,22H,1-2H3. The molecule has 0 aliphatic heterocycles. The number of fused-ring (bicyclic) bond motifs is 1. The van der Waals surface area contributed by atoms with Crippen LogP contribution in [-0.2, 0) is 0 Å². The van der Waals surface area contributed by atoms with Crippen molar-refractivity contribution >= 4 is 10.9 Å². The number of rotatable bonds is 3. The molecule has 0 spiro atoms. The molecule has 0 bridgehead atoms. The molecule has 4 aromatic rings. The van der Waals surface area contributed by atoms with Gasteiger partial charge in [0, 0.05) is 0 Å². The summed E-state index contributed by atoms with van der Waals surface area (Å²) in [5.41, 5.74) is 5.22. The Hall–Kier alpha value is -3.20. The number of aromatic nitrogens is 2. The van der Waals surface area contributed by atoms with E-state index in [9.17, 15) is 4.79 Å². The fourth-order valence-electron chi connectivity index (χ4n) is 3.28. The van der Waals surface area contributed by atoms with Gasteiger partial charge in [-0.25, -0.2) is 4.98 Å². The molecule has 1 heterocycles. The van der Waals surface area contributed by atoms with Gasteiger partial charge in [-0.05, 0) is 37.1 Å². The minimum atomic E-state index is -0.208. The van der Waals surface area contributed by atoms with Crippen molar-refractivity contribution in [1.29, 1.82) is 0 Å². The Balaban J connectivity index is 1.96. The molecule has 3 aromatic carbocycles. The first-order chi connectivity index (χ1) is 12.6. The van der Waals surface area contributed by atoms with Crippen LogP contribution < -0.4 is 5.56 Å². The molecule has 4 rings (SSSR count). The Labute approximate surface area is 152 Å². The summed E-state index contributed by atoms with van der Waals surface area (Å²) in [4.78, 5) is 17.7. The first-order valence-corrected chi connectivity index (χ1v) is 8.72. The van der Waals surface area contributed by atoms with Crippen molar-refractivity contribution in [1.82, 2.24) is 9.55 Å². The van der Waals surface area contributed by atoms with Crippen LogP contribution in [0.15, 0.2) is 83.9 Å². The molecule has 1 aromatic heterocycles. The highest BCUT2D eigenvalue weighted by atomic mass is 16.1. The third-order valence-electron chi connectivity index (χ3n) is 4.75. The summed E-state index contributed by atoms with van der Waals surface area (Å²) in [5, 5.41) is 0.638. The Morgan fingerprint density at radius 3 is 1.88 bits per heavy atom. The second kappa shape index (κ2) is 6.60. The van der Waals surface area contributed by atoms with E-state index in [0.717, 1.165) is 16.6 Å². The van der Waals surface area contributed by atoms with Gasteiger partial charge in [-0.1, -0.05) is 71.8 Å². The lowest BCUT2D eigenvalue weighted by atomic mass is 9.96. The fourth-order valence-corrected chi connectivity index (χ4v) is 3.28. The summed E-state index contributed by atoms with van der Waals surface area (Å²) < 4.78 is 1.73. The van der Waals surface area contributed by atoms with E-state index in [0.29, 0.717) is 5.39 Å². The third-order valence-corrected chi connectivity index (χ3v) is 4.75. The van der Waals surface area contributed by atoms with Crippen molar-refractivity contribution < 1.29 is 0 Å². The number of hydrogen-bond acceptors (Lipinski definition) is 2. The summed E-state index contributed by atoms with van der Waals surface area (Å²) >= 11 is 0. The van der Waals surface area contributed by atoms with Gasteiger partial charge in [-0.2, -0.15) is 0 Å². The van der Waals surface area contributed by atoms with Crippen molar-refractivity contribution in [3.05, 3.63) is 112 Å². The smallest absolute Gasteiger partial charge is 0.262 e. The van der Waals surface area contributed by atoms with Crippen LogP contribution in [0, 0.1) is 13.8 Å². The first kappa shape index (κ1) is 16.3. The highest BCUT2D eigenvalue weighted by Crippen LogP contribution is 2.26. The summed E-state index contributed by atoms with van der Waals surface area (Å²) in [7, 11) is 0. The number of aryl methyl sites for hydroxylation is 2. The van der Waals surface area contributed by atoms with Crippen LogP contribution in [0.5, 0.6) is 0 Å². The van der Waals surface area contributed by atoms with E-state index in [-0.39, 0.29) is 11.6 Å². The Bertz CT molecular complexity index is 1060. The van der Waals surface area contributed by atoms with E-state index >= 15 is 0 Å². The van der Waals surface area contributed by atoms with Gasteiger partial charge in [0.1, 0.15) is 0 Å². The molecular weight excluding hydrogens is 320 g/mol. The maximum absolute atomic E-state index is 13.2.